The Kier molecular flexibility index (Phi) is 8.53. The lowest BCUT2D eigenvalue weighted by molar-refractivity contribution is -0.152. The Hall–Kier alpha value is -2.13. The number of amides is 1. The van der Waals surface area contributed by atoms with Gasteiger partial charge in [-0.1, -0.05) is 54.4 Å². The Morgan fingerprint density at radius 3 is 2.35 bits per heavy atom. The van der Waals surface area contributed by atoms with E-state index in [-0.39, 0.29) is 30.0 Å². The van der Waals surface area contributed by atoms with Gasteiger partial charge in [-0.25, -0.2) is 12.7 Å². The Balaban J connectivity index is 1.81. The van der Waals surface area contributed by atoms with Gasteiger partial charge in [0.1, 0.15) is 0 Å². The van der Waals surface area contributed by atoms with E-state index in [1.807, 2.05) is 37.3 Å². The monoisotopic (exact) mass is 566 g/mol. The molecule has 2 fully saturated rings. The van der Waals surface area contributed by atoms with Crippen molar-refractivity contribution >= 4 is 45.1 Å². The van der Waals surface area contributed by atoms with Gasteiger partial charge in [0.2, 0.25) is 15.9 Å². The Bertz CT molecular complexity index is 1250. The van der Waals surface area contributed by atoms with Crippen LogP contribution in [0.2, 0.25) is 10.0 Å². The number of halogens is 2. The summed E-state index contributed by atoms with van der Waals surface area (Å²) in [6.45, 7) is 2.05. The van der Waals surface area contributed by atoms with Gasteiger partial charge in [-0.2, -0.15) is 0 Å². The van der Waals surface area contributed by atoms with Crippen LogP contribution >= 0.6 is 23.2 Å². The van der Waals surface area contributed by atoms with E-state index in [2.05, 4.69) is 0 Å². The fraction of sp³-hybridized carbons (Fsp3) is 0.481. The number of nitrogens with zero attached hydrogens (tertiary/aromatic N) is 2. The fourth-order valence-corrected chi connectivity index (χ4v) is 7.36. The highest BCUT2D eigenvalue weighted by Gasteiger charge is 2.47. The normalized spacial score (nSPS) is 23.3. The number of carboxylic acids is 1. The molecule has 1 aliphatic carbocycles. The molecule has 0 radical (unpaired) electrons. The number of rotatable bonds is 10. The van der Waals surface area contributed by atoms with E-state index in [0.29, 0.717) is 35.7 Å². The number of carbonyl (C=O) groups excluding carboxylic acids is 1. The molecule has 4 rings (SSSR count). The Morgan fingerprint density at radius 2 is 1.78 bits per heavy atom. The number of sulfonamides is 1. The van der Waals surface area contributed by atoms with E-state index in [0.717, 1.165) is 11.1 Å². The second-order valence-corrected chi connectivity index (χ2v) is 13.2. The summed E-state index contributed by atoms with van der Waals surface area (Å²) in [5.74, 6) is -2.31. The van der Waals surface area contributed by atoms with Gasteiger partial charge in [0.05, 0.1) is 17.7 Å². The molecule has 2 aromatic rings. The van der Waals surface area contributed by atoms with Crippen LogP contribution in [0.1, 0.15) is 62.1 Å². The van der Waals surface area contributed by atoms with Crippen LogP contribution in [0.25, 0.3) is 0 Å². The molecule has 37 heavy (non-hydrogen) atoms. The van der Waals surface area contributed by atoms with Gasteiger partial charge >= 0.3 is 5.97 Å². The summed E-state index contributed by atoms with van der Waals surface area (Å²) in [6, 6.07) is 13.8. The number of likely N-dealkylation sites (tertiary alicyclic amines) is 1. The topological polar surface area (TPSA) is 95.0 Å². The number of likely N-dealkylation sites (N-methyl/N-ethyl adjacent to an activating group) is 1. The van der Waals surface area contributed by atoms with Crippen molar-refractivity contribution in [3.05, 3.63) is 69.7 Å². The standard InChI is InChI=1S/C27H32Cl2N2O5S/c1-3-22(16-30(2)37(35,36)23-11-12-23)31-26(17-7-9-20(28)10-8-17)24(18-5-4-6-21(29)13-18)14-19(27(31)34)15-25(32)33/h4-10,13,19,22-24,26H,3,11-12,14-16H2,1-2H3,(H,32,33)/t19-,22-,24?,26?/m0/s1. The Labute approximate surface area is 228 Å². The largest absolute Gasteiger partial charge is 0.481 e. The van der Waals surface area contributed by atoms with Crippen LogP contribution in [-0.2, 0) is 19.6 Å². The third-order valence-corrected chi connectivity index (χ3v) is 10.3. The molecule has 7 nitrogen and oxygen atoms in total. The number of piperidine rings is 1. The van der Waals surface area contributed by atoms with E-state index in [9.17, 15) is 23.1 Å². The predicted octanol–water partition coefficient (Wildman–Crippen LogP) is 5.34. The maximum Gasteiger partial charge on any atom is 0.304 e. The molecule has 0 bridgehead atoms. The number of carboxylic acid groups (broad SMARTS) is 1. The molecule has 2 aromatic carbocycles. The van der Waals surface area contributed by atoms with E-state index in [1.54, 1.807) is 30.1 Å². The second kappa shape index (κ2) is 11.3. The summed E-state index contributed by atoms with van der Waals surface area (Å²) >= 11 is 12.5. The fourth-order valence-electron chi connectivity index (χ4n) is 5.41. The summed E-state index contributed by atoms with van der Waals surface area (Å²) in [5, 5.41) is 10.4. The molecular weight excluding hydrogens is 535 g/mol. The number of hydrogen-bond acceptors (Lipinski definition) is 4. The average Bonchev–Trinajstić information content (AvgIpc) is 3.70. The van der Waals surface area contributed by atoms with Crippen molar-refractivity contribution in [2.75, 3.05) is 13.6 Å². The highest BCUT2D eigenvalue weighted by Crippen LogP contribution is 2.48. The van der Waals surface area contributed by atoms with Crippen LogP contribution in [0.4, 0.5) is 0 Å². The van der Waals surface area contributed by atoms with Crippen LogP contribution in [0.5, 0.6) is 0 Å². The smallest absolute Gasteiger partial charge is 0.304 e. The van der Waals surface area contributed by atoms with E-state index < -0.39 is 34.0 Å². The van der Waals surface area contributed by atoms with Gasteiger partial charge in [-0.3, -0.25) is 9.59 Å². The van der Waals surface area contributed by atoms with Crippen LogP contribution < -0.4 is 0 Å². The van der Waals surface area contributed by atoms with E-state index in [1.165, 1.54) is 4.31 Å². The first-order chi connectivity index (χ1) is 17.5. The zero-order chi connectivity index (χ0) is 26.9. The van der Waals surface area contributed by atoms with Crippen molar-refractivity contribution in [1.82, 2.24) is 9.21 Å². The van der Waals surface area contributed by atoms with Gasteiger partial charge in [-0.15, -0.1) is 0 Å². The first-order valence-corrected chi connectivity index (χ1v) is 14.8. The SMILES string of the molecule is CC[C@@H](CN(C)S(=O)(=O)C1CC1)N1C(=O)[C@H](CC(=O)O)CC(c2cccc(Cl)c2)C1c1ccc(Cl)cc1. The molecule has 0 spiro atoms. The average molecular weight is 568 g/mol. The van der Waals surface area contributed by atoms with Gasteiger partial charge in [-0.05, 0) is 61.1 Å². The molecule has 1 aliphatic heterocycles. The quantitative estimate of drug-likeness (QED) is 0.418. The molecule has 200 valence electrons. The summed E-state index contributed by atoms with van der Waals surface area (Å²) < 4.78 is 27.3. The van der Waals surface area contributed by atoms with Crippen LogP contribution in [0, 0.1) is 5.92 Å². The molecular formula is C27H32Cl2N2O5S. The van der Waals surface area contributed by atoms with Crippen molar-refractivity contribution in [2.45, 2.75) is 62.3 Å². The number of aliphatic carboxylic acids is 1. The summed E-state index contributed by atoms with van der Waals surface area (Å²) in [6.07, 6.45) is 1.84. The third-order valence-electron chi connectivity index (χ3n) is 7.44. The van der Waals surface area contributed by atoms with Crippen LogP contribution in [0.3, 0.4) is 0 Å². The van der Waals surface area contributed by atoms with Crippen LogP contribution in [-0.4, -0.2) is 59.5 Å². The molecule has 0 aromatic heterocycles. The number of benzene rings is 2. The molecule has 1 saturated carbocycles. The Morgan fingerprint density at radius 1 is 1.11 bits per heavy atom. The van der Waals surface area contributed by atoms with Gasteiger partial charge in [0, 0.05) is 41.5 Å². The van der Waals surface area contributed by atoms with E-state index >= 15 is 0 Å². The molecule has 2 aliphatic rings. The lowest BCUT2D eigenvalue weighted by Gasteiger charge is -2.49. The summed E-state index contributed by atoms with van der Waals surface area (Å²) in [7, 11) is -1.89. The zero-order valence-electron chi connectivity index (χ0n) is 20.9. The van der Waals surface area contributed by atoms with Gasteiger partial charge < -0.3 is 10.0 Å². The maximum atomic E-state index is 14.0. The molecule has 4 atom stereocenters. The van der Waals surface area contributed by atoms with Crippen molar-refractivity contribution in [1.29, 1.82) is 0 Å². The van der Waals surface area contributed by atoms with Gasteiger partial charge in [0.15, 0.2) is 0 Å². The maximum absolute atomic E-state index is 14.0. The summed E-state index contributed by atoms with van der Waals surface area (Å²) in [5.41, 5.74) is 1.75. The highest BCUT2D eigenvalue weighted by molar-refractivity contribution is 7.90. The minimum absolute atomic E-state index is 0.132. The molecule has 1 saturated heterocycles. The predicted molar refractivity (Wildman–Crippen MR) is 144 cm³/mol. The molecule has 1 amide bonds. The zero-order valence-corrected chi connectivity index (χ0v) is 23.2. The molecule has 1 N–H and O–H groups in total. The van der Waals surface area contributed by atoms with Crippen LogP contribution in [0.15, 0.2) is 48.5 Å². The van der Waals surface area contributed by atoms with Crippen molar-refractivity contribution in [2.24, 2.45) is 5.92 Å². The lowest BCUT2D eigenvalue weighted by atomic mass is 9.74. The van der Waals surface area contributed by atoms with E-state index in [4.69, 9.17) is 23.2 Å². The van der Waals surface area contributed by atoms with Crippen molar-refractivity contribution < 1.29 is 23.1 Å². The minimum Gasteiger partial charge on any atom is -0.481 e. The molecule has 2 unspecified atom stereocenters. The number of carbonyl (C=O) groups is 2. The lowest BCUT2D eigenvalue weighted by Crippen LogP contribution is -2.55. The van der Waals surface area contributed by atoms with Crippen molar-refractivity contribution in [3.8, 4) is 0 Å². The highest BCUT2D eigenvalue weighted by atomic mass is 35.5. The first-order valence-electron chi connectivity index (χ1n) is 12.5. The van der Waals surface area contributed by atoms with Crippen molar-refractivity contribution in [3.63, 3.8) is 0 Å². The second-order valence-electron chi connectivity index (χ2n) is 10.0. The minimum atomic E-state index is -3.45. The van der Waals surface area contributed by atoms with Gasteiger partial charge in [0.25, 0.3) is 0 Å². The number of hydrogen-bond donors (Lipinski definition) is 1. The third kappa shape index (κ3) is 6.14. The molecule has 1 heterocycles. The molecule has 10 heteroatoms. The first kappa shape index (κ1) is 27.9. The summed E-state index contributed by atoms with van der Waals surface area (Å²) in [4.78, 5) is 27.5.